The van der Waals surface area contributed by atoms with Crippen molar-refractivity contribution in [2.24, 2.45) is 0 Å². The summed E-state index contributed by atoms with van der Waals surface area (Å²) in [5.74, 6) is -0.856. The van der Waals surface area contributed by atoms with Gasteiger partial charge in [0, 0.05) is 6.08 Å². The lowest BCUT2D eigenvalue weighted by molar-refractivity contribution is -0.191. The van der Waals surface area contributed by atoms with Crippen molar-refractivity contribution in [1.82, 2.24) is 19.5 Å². The predicted molar refractivity (Wildman–Crippen MR) is 102 cm³/mol. The summed E-state index contributed by atoms with van der Waals surface area (Å²) >= 11 is 0. The number of ether oxygens (including phenoxy) is 4. The Morgan fingerprint density at radius 3 is 2.86 bits per heavy atom. The van der Waals surface area contributed by atoms with E-state index >= 15 is 0 Å². The van der Waals surface area contributed by atoms with Crippen molar-refractivity contribution in [2.75, 3.05) is 12.3 Å². The van der Waals surface area contributed by atoms with Gasteiger partial charge in [-0.3, -0.25) is 4.57 Å². The minimum atomic E-state index is -0.755. The molecule has 0 spiro atoms. The van der Waals surface area contributed by atoms with Crippen LogP contribution in [0.5, 0.6) is 0 Å². The number of hydrogen-bond acceptors (Lipinski definition) is 9. The Kier molecular flexibility index (Phi) is 5.07. The van der Waals surface area contributed by atoms with Gasteiger partial charge in [0.2, 0.25) is 0 Å². The highest BCUT2D eigenvalue weighted by Crippen LogP contribution is 2.44. The second kappa shape index (κ2) is 7.54. The van der Waals surface area contributed by atoms with Crippen LogP contribution in [0.1, 0.15) is 27.0 Å². The van der Waals surface area contributed by atoms with Crippen molar-refractivity contribution in [2.45, 2.75) is 51.1 Å². The van der Waals surface area contributed by atoms with Crippen molar-refractivity contribution in [3.8, 4) is 0 Å². The molecule has 2 saturated heterocycles. The molecule has 4 heterocycles. The smallest absolute Gasteiger partial charge is 0.330 e. The fourth-order valence-corrected chi connectivity index (χ4v) is 3.54. The van der Waals surface area contributed by atoms with E-state index < -0.39 is 24.1 Å². The molecule has 0 saturated carbocycles. The van der Waals surface area contributed by atoms with Crippen LogP contribution >= 0.6 is 0 Å². The van der Waals surface area contributed by atoms with Gasteiger partial charge in [0.15, 0.2) is 23.5 Å². The molecule has 154 valence electrons. The Labute approximate surface area is 167 Å². The van der Waals surface area contributed by atoms with E-state index in [1.54, 1.807) is 30.0 Å². The first-order valence-corrected chi connectivity index (χ1v) is 9.35. The standard InChI is InChI=1S/C19H23N5O5/c1-4-26-12(25)8-6-5-7-11-14-15(29-19(2,3)28-14)18(27-11)24-10-23-13-16(20)21-9-22-17(13)24/h5-11,14-15,18H,4H2,1-3H3,(H2,20,21,22)/t11-,14-,15-,18-/m1/s1. The Morgan fingerprint density at radius 1 is 1.28 bits per heavy atom. The number of imidazole rings is 1. The number of nitrogen functional groups attached to an aromatic ring is 1. The van der Waals surface area contributed by atoms with Gasteiger partial charge in [-0.25, -0.2) is 19.7 Å². The number of fused-ring (bicyclic) bond motifs is 2. The van der Waals surface area contributed by atoms with Crippen LogP contribution < -0.4 is 5.73 Å². The van der Waals surface area contributed by atoms with E-state index in [2.05, 4.69) is 15.0 Å². The summed E-state index contributed by atoms with van der Waals surface area (Å²) in [4.78, 5) is 24.0. The number of anilines is 1. The van der Waals surface area contributed by atoms with Crippen LogP contribution in [-0.2, 0) is 23.7 Å². The third-order valence-electron chi connectivity index (χ3n) is 4.66. The lowest BCUT2D eigenvalue weighted by Crippen LogP contribution is -2.28. The summed E-state index contributed by atoms with van der Waals surface area (Å²) in [5, 5.41) is 0. The molecule has 2 aromatic rings. The number of hydrogen-bond donors (Lipinski definition) is 1. The van der Waals surface area contributed by atoms with E-state index in [0.29, 0.717) is 23.6 Å². The molecule has 2 fully saturated rings. The van der Waals surface area contributed by atoms with E-state index in [1.807, 2.05) is 19.9 Å². The molecule has 0 aliphatic carbocycles. The Bertz CT molecular complexity index is 969. The van der Waals surface area contributed by atoms with E-state index in [4.69, 9.17) is 24.7 Å². The molecule has 2 aliphatic rings. The van der Waals surface area contributed by atoms with Crippen molar-refractivity contribution in [3.63, 3.8) is 0 Å². The first kappa shape index (κ1) is 19.5. The number of carbonyl (C=O) groups excluding carboxylic acids is 1. The molecule has 2 aromatic heterocycles. The third-order valence-corrected chi connectivity index (χ3v) is 4.66. The second-order valence-electron chi connectivity index (χ2n) is 7.14. The second-order valence-corrected chi connectivity index (χ2v) is 7.14. The summed E-state index contributed by atoms with van der Waals surface area (Å²) in [6.07, 6.45) is 7.88. The zero-order valence-corrected chi connectivity index (χ0v) is 16.4. The van der Waals surface area contributed by atoms with Crippen molar-refractivity contribution < 1.29 is 23.7 Å². The van der Waals surface area contributed by atoms with Crippen LogP contribution in [0.15, 0.2) is 37.0 Å². The zero-order valence-electron chi connectivity index (χ0n) is 16.4. The SMILES string of the molecule is CCOC(=O)C=CC=C[C@H]1O[C@@H](n2cnc3c(N)ncnc32)[C@@H]2OC(C)(C)O[C@@H]21. The number of aromatic nitrogens is 4. The molecule has 4 atom stereocenters. The number of allylic oxidation sites excluding steroid dienone is 2. The fraction of sp³-hybridized carbons (Fsp3) is 0.474. The summed E-state index contributed by atoms with van der Waals surface area (Å²) in [5.41, 5.74) is 6.95. The number of rotatable bonds is 5. The largest absolute Gasteiger partial charge is 0.463 e. The normalized spacial score (nSPS) is 28.5. The fourth-order valence-electron chi connectivity index (χ4n) is 3.54. The molecule has 0 bridgehead atoms. The van der Waals surface area contributed by atoms with Crippen LogP contribution in [0.3, 0.4) is 0 Å². The molecule has 10 nitrogen and oxygen atoms in total. The topological polar surface area (TPSA) is 124 Å². The monoisotopic (exact) mass is 401 g/mol. The molecule has 29 heavy (non-hydrogen) atoms. The van der Waals surface area contributed by atoms with Crippen LogP contribution in [0.2, 0.25) is 0 Å². The summed E-state index contributed by atoms with van der Waals surface area (Å²) in [7, 11) is 0. The maximum absolute atomic E-state index is 11.4. The minimum absolute atomic E-state index is 0.299. The van der Waals surface area contributed by atoms with Gasteiger partial charge in [-0.2, -0.15) is 0 Å². The molecule has 0 aromatic carbocycles. The Morgan fingerprint density at radius 2 is 2.07 bits per heavy atom. The molecular weight excluding hydrogens is 378 g/mol. The van der Waals surface area contributed by atoms with Crippen LogP contribution in [-0.4, -0.2) is 56.2 Å². The lowest BCUT2D eigenvalue weighted by atomic mass is 10.1. The molecule has 2 aliphatic heterocycles. The van der Waals surface area contributed by atoms with E-state index in [9.17, 15) is 4.79 Å². The van der Waals surface area contributed by atoms with E-state index in [1.165, 1.54) is 12.4 Å². The van der Waals surface area contributed by atoms with E-state index in [-0.39, 0.29) is 12.2 Å². The number of nitrogens with zero attached hydrogens (tertiary/aromatic N) is 4. The number of carbonyl (C=O) groups is 1. The predicted octanol–water partition coefficient (Wildman–Crippen LogP) is 1.50. The molecule has 2 N–H and O–H groups in total. The van der Waals surface area contributed by atoms with Gasteiger partial charge in [-0.1, -0.05) is 18.2 Å². The van der Waals surface area contributed by atoms with Gasteiger partial charge in [0.25, 0.3) is 0 Å². The highest BCUT2D eigenvalue weighted by Gasteiger charge is 2.55. The van der Waals surface area contributed by atoms with Gasteiger partial charge < -0.3 is 24.7 Å². The summed E-state index contributed by atoms with van der Waals surface area (Å²) in [6.45, 7) is 5.80. The molecule has 0 radical (unpaired) electrons. The first-order valence-electron chi connectivity index (χ1n) is 9.35. The highest BCUT2D eigenvalue weighted by molar-refractivity contribution is 5.82. The molecule has 0 amide bonds. The average molecular weight is 401 g/mol. The van der Waals surface area contributed by atoms with Gasteiger partial charge >= 0.3 is 5.97 Å². The number of nitrogens with two attached hydrogens (primary N) is 1. The molecular formula is C19H23N5O5. The quantitative estimate of drug-likeness (QED) is 0.451. The molecule has 4 rings (SSSR count). The van der Waals surface area contributed by atoms with Crippen LogP contribution in [0, 0.1) is 0 Å². The van der Waals surface area contributed by atoms with Crippen LogP contribution in [0.4, 0.5) is 5.82 Å². The van der Waals surface area contributed by atoms with Gasteiger partial charge in [0.05, 0.1) is 12.9 Å². The van der Waals surface area contributed by atoms with Crippen LogP contribution in [0.25, 0.3) is 11.2 Å². The van der Waals surface area contributed by atoms with Gasteiger partial charge in [-0.05, 0) is 20.8 Å². The maximum Gasteiger partial charge on any atom is 0.330 e. The summed E-state index contributed by atoms with van der Waals surface area (Å²) in [6, 6.07) is 0. The minimum Gasteiger partial charge on any atom is -0.463 e. The Balaban J connectivity index is 1.59. The zero-order chi connectivity index (χ0) is 20.6. The van der Waals surface area contributed by atoms with Gasteiger partial charge in [-0.15, -0.1) is 0 Å². The molecule has 0 unspecified atom stereocenters. The van der Waals surface area contributed by atoms with E-state index in [0.717, 1.165) is 0 Å². The molecule has 10 heteroatoms. The summed E-state index contributed by atoms with van der Waals surface area (Å²) < 4.78 is 25.0. The first-order chi connectivity index (χ1) is 13.9. The lowest BCUT2D eigenvalue weighted by Gasteiger charge is -2.23. The maximum atomic E-state index is 11.4. The highest BCUT2D eigenvalue weighted by atomic mass is 16.8. The Hall–Kier alpha value is -2.82. The van der Waals surface area contributed by atoms with Crippen molar-refractivity contribution in [1.29, 1.82) is 0 Å². The number of esters is 1. The third kappa shape index (κ3) is 3.74. The van der Waals surface area contributed by atoms with Crippen molar-refractivity contribution >= 4 is 23.0 Å². The van der Waals surface area contributed by atoms with Gasteiger partial charge in [0.1, 0.15) is 30.2 Å². The average Bonchev–Trinajstić information content (AvgIpc) is 3.31. The van der Waals surface area contributed by atoms with Crippen molar-refractivity contribution in [3.05, 3.63) is 37.0 Å².